The number of halogens is 1. The Hall–Kier alpha value is -2.16. The van der Waals surface area contributed by atoms with Crippen LogP contribution in [0.2, 0.25) is 0 Å². The van der Waals surface area contributed by atoms with Crippen molar-refractivity contribution in [3.05, 3.63) is 53.8 Å². The second-order valence-electron chi connectivity index (χ2n) is 4.31. The molecule has 2 aromatic carbocycles. The number of rotatable bonds is 1. The summed E-state index contributed by atoms with van der Waals surface area (Å²) in [5.74, 6) is 0.170. The van der Waals surface area contributed by atoms with Gasteiger partial charge in [-0.1, -0.05) is 18.2 Å². The zero-order chi connectivity index (χ0) is 12.5. The molecule has 0 fully saturated rings. The highest BCUT2D eigenvalue weighted by Crippen LogP contribution is 2.30. The van der Waals surface area contributed by atoms with Crippen LogP contribution < -0.4 is 4.74 Å². The molecule has 0 N–H and O–H groups in total. The van der Waals surface area contributed by atoms with Gasteiger partial charge in [0.05, 0.1) is 6.42 Å². The predicted octanol–water partition coefficient (Wildman–Crippen LogP) is 3.34. The Morgan fingerprint density at radius 1 is 1.00 bits per heavy atom. The molecule has 0 atom stereocenters. The number of hydrogen-bond acceptors (Lipinski definition) is 2. The minimum Gasteiger partial charge on any atom is -0.426 e. The number of carbonyl (C=O) groups excluding carboxylic acids is 1. The molecule has 18 heavy (non-hydrogen) atoms. The third-order valence-corrected chi connectivity index (χ3v) is 3.04. The van der Waals surface area contributed by atoms with Crippen LogP contribution in [-0.2, 0) is 11.2 Å². The molecule has 1 aliphatic heterocycles. The topological polar surface area (TPSA) is 26.3 Å². The zero-order valence-corrected chi connectivity index (χ0v) is 9.65. The van der Waals surface area contributed by atoms with Crippen molar-refractivity contribution in [2.24, 2.45) is 0 Å². The molecule has 1 aliphatic rings. The first-order chi connectivity index (χ1) is 8.72. The molecule has 3 heteroatoms. The summed E-state index contributed by atoms with van der Waals surface area (Å²) in [6, 6.07) is 12.0. The number of fused-ring (bicyclic) bond motifs is 1. The summed E-state index contributed by atoms with van der Waals surface area (Å²) >= 11 is 0. The quantitative estimate of drug-likeness (QED) is 0.566. The first kappa shape index (κ1) is 11.0. The maximum atomic E-state index is 13.2. The minimum absolute atomic E-state index is 0.194. The Balaban J connectivity index is 2.02. The molecule has 2 aromatic rings. The van der Waals surface area contributed by atoms with Gasteiger partial charge in [0.2, 0.25) is 0 Å². The van der Waals surface area contributed by atoms with Crippen LogP contribution in [0.3, 0.4) is 0 Å². The summed E-state index contributed by atoms with van der Waals surface area (Å²) in [5.41, 5.74) is 2.76. The van der Waals surface area contributed by atoms with Crippen molar-refractivity contribution in [3.8, 4) is 16.9 Å². The van der Waals surface area contributed by atoms with Crippen LogP contribution in [0, 0.1) is 5.82 Å². The Kier molecular flexibility index (Phi) is 2.59. The normalized spacial score (nSPS) is 13.9. The minimum atomic E-state index is -0.253. The number of ether oxygens (including phenoxy) is 1. The fourth-order valence-electron chi connectivity index (χ4n) is 2.13. The summed E-state index contributed by atoms with van der Waals surface area (Å²) in [6.45, 7) is 0. The largest absolute Gasteiger partial charge is 0.426 e. The molecule has 1 heterocycles. The average molecular weight is 242 g/mol. The lowest BCUT2D eigenvalue weighted by Crippen LogP contribution is -2.15. The van der Waals surface area contributed by atoms with Gasteiger partial charge in [0, 0.05) is 0 Å². The number of hydrogen-bond donors (Lipinski definition) is 0. The zero-order valence-electron chi connectivity index (χ0n) is 9.65. The highest BCUT2D eigenvalue weighted by molar-refractivity contribution is 5.76. The molecule has 0 aromatic heterocycles. The molecule has 0 unspecified atom stereocenters. The van der Waals surface area contributed by atoms with Gasteiger partial charge in [0.15, 0.2) is 0 Å². The van der Waals surface area contributed by atoms with Crippen molar-refractivity contribution >= 4 is 5.97 Å². The van der Waals surface area contributed by atoms with Crippen molar-refractivity contribution in [1.29, 1.82) is 0 Å². The van der Waals surface area contributed by atoms with E-state index in [-0.39, 0.29) is 11.8 Å². The number of esters is 1. The lowest BCUT2D eigenvalue weighted by atomic mass is 9.99. The highest BCUT2D eigenvalue weighted by atomic mass is 19.1. The third-order valence-electron chi connectivity index (χ3n) is 3.04. The van der Waals surface area contributed by atoms with E-state index in [9.17, 15) is 9.18 Å². The van der Waals surface area contributed by atoms with Crippen LogP contribution in [0.4, 0.5) is 4.39 Å². The average Bonchev–Trinajstić information content (AvgIpc) is 2.38. The predicted molar refractivity (Wildman–Crippen MR) is 65.8 cm³/mol. The van der Waals surface area contributed by atoms with Crippen molar-refractivity contribution in [1.82, 2.24) is 0 Å². The van der Waals surface area contributed by atoms with E-state index in [4.69, 9.17) is 4.74 Å². The molecule has 0 saturated carbocycles. The fourth-order valence-corrected chi connectivity index (χ4v) is 2.13. The van der Waals surface area contributed by atoms with Crippen molar-refractivity contribution in [3.63, 3.8) is 0 Å². The summed E-state index contributed by atoms with van der Waals surface area (Å²) in [7, 11) is 0. The molecule has 2 nitrogen and oxygen atoms in total. The molecular formula is C15H11FO2. The van der Waals surface area contributed by atoms with Gasteiger partial charge in [-0.3, -0.25) is 4.79 Å². The van der Waals surface area contributed by atoms with Gasteiger partial charge in [-0.2, -0.15) is 0 Å². The summed E-state index contributed by atoms with van der Waals surface area (Å²) < 4.78 is 18.3. The number of carbonyl (C=O) groups is 1. The van der Waals surface area contributed by atoms with Crippen molar-refractivity contribution in [2.45, 2.75) is 12.8 Å². The van der Waals surface area contributed by atoms with Crippen LogP contribution >= 0.6 is 0 Å². The lowest BCUT2D eigenvalue weighted by molar-refractivity contribution is -0.135. The summed E-state index contributed by atoms with van der Waals surface area (Å²) in [4.78, 5) is 11.2. The van der Waals surface area contributed by atoms with Gasteiger partial charge in [0.1, 0.15) is 11.6 Å². The monoisotopic (exact) mass is 242 g/mol. The molecule has 0 saturated heterocycles. The van der Waals surface area contributed by atoms with Gasteiger partial charge in [-0.15, -0.1) is 0 Å². The van der Waals surface area contributed by atoms with Gasteiger partial charge in [-0.05, 0) is 47.4 Å². The van der Waals surface area contributed by atoms with Gasteiger partial charge in [-0.25, -0.2) is 4.39 Å². The van der Waals surface area contributed by atoms with E-state index in [2.05, 4.69) is 0 Å². The van der Waals surface area contributed by atoms with Crippen molar-refractivity contribution < 1.29 is 13.9 Å². The van der Waals surface area contributed by atoms with Crippen LogP contribution in [-0.4, -0.2) is 5.97 Å². The first-order valence-corrected chi connectivity index (χ1v) is 5.82. The lowest BCUT2D eigenvalue weighted by Gasteiger charge is -2.16. The van der Waals surface area contributed by atoms with Gasteiger partial charge in [0.25, 0.3) is 0 Å². The Morgan fingerprint density at radius 3 is 2.67 bits per heavy atom. The van der Waals surface area contributed by atoms with Gasteiger partial charge < -0.3 is 4.74 Å². The van der Waals surface area contributed by atoms with E-state index >= 15 is 0 Å². The van der Waals surface area contributed by atoms with Gasteiger partial charge >= 0.3 is 5.97 Å². The number of aryl methyl sites for hydroxylation is 1. The fraction of sp³-hybridized carbons (Fsp3) is 0.133. The first-order valence-electron chi connectivity index (χ1n) is 5.82. The molecule has 90 valence electrons. The van der Waals surface area contributed by atoms with E-state index in [0.717, 1.165) is 16.7 Å². The van der Waals surface area contributed by atoms with E-state index in [1.54, 1.807) is 12.1 Å². The molecule has 0 radical (unpaired) electrons. The second kappa shape index (κ2) is 4.26. The van der Waals surface area contributed by atoms with E-state index in [1.165, 1.54) is 12.1 Å². The summed E-state index contributed by atoms with van der Waals surface area (Å²) in [5, 5.41) is 0. The molecular weight excluding hydrogens is 231 g/mol. The van der Waals surface area contributed by atoms with Crippen molar-refractivity contribution in [2.75, 3.05) is 0 Å². The highest BCUT2D eigenvalue weighted by Gasteiger charge is 2.17. The van der Waals surface area contributed by atoms with E-state index < -0.39 is 0 Å². The van der Waals surface area contributed by atoms with Crippen LogP contribution in [0.5, 0.6) is 5.75 Å². The SMILES string of the molecule is O=C1CCc2cc(-c3cccc(F)c3)ccc2O1. The van der Waals surface area contributed by atoms with E-state index in [0.29, 0.717) is 18.6 Å². The standard InChI is InChI=1S/C15H11FO2/c16-13-3-1-2-10(9-13)11-4-6-14-12(8-11)5-7-15(17)18-14/h1-4,6,8-9H,5,7H2. The molecule has 0 spiro atoms. The smallest absolute Gasteiger partial charge is 0.311 e. The van der Waals surface area contributed by atoms with Crippen LogP contribution in [0.25, 0.3) is 11.1 Å². The summed E-state index contributed by atoms with van der Waals surface area (Å²) in [6.07, 6.45) is 1.08. The molecule has 0 bridgehead atoms. The number of benzene rings is 2. The Bertz CT molecular complexity index is 620. The van der Waals surface area contributed by atoms with Crippen LogP contribution in [0.15, 0.2) is 42.5 Å². The maximum absolute atomic E-state index is 13.2. The second-order valence-corrected chi connectivity index (χ2v) is 4.31. The third kappa shape index (κ3) is 1.99. The van der Waals surface area contributed by atoms with E-state index in [1.807, 2.05) is 18.2 Å². The Labute approximate surface area is 104 Å². The molecule has 0 aliphatic carbocycles. The van der Waals surface area contributed by atoms with Crippen LogP contribution in [0.1, 0.15) is 12.0 Å². The Morgan fingerprint density at radius 2 is 1.83 bits per heavy atom. The molecule has 3 rings (SSSR count). The molecule has 0 amide bonds. The maximum Gasteiger partial charge on any atom is 0.311 e.